The van der Waals surface area contributed by atoms with Crippen molar-refractivity contribution in [3.8, 4) is 0 Å². The quantitative estimate of drug-likeness (QED) is 0.820. The fourth-order valence-electron chi connectivity index (χ4n) is 3.14. The summed E-state index contributed by atoms with van der Waals surface area (Å²) in [4.78, 5) is 10.9. The van der Waals surface area contributed by atoms with Gasteiger partial charge in [-0.1, -0.05) is 61.4 Å². The Bertz CT molecular complexity index is 651. The van der Waals surface area contributed by atoms with Gasteiger partial charge in [-0.15, -0.1) is 10.2 Å². The van der Waals surface area contributed by atoms with Crippen LogP contribution in [0.5, 0.6) is 0 Å². The molecule has 1 aliphatic carbocycles. The number of aliphatic carboxylic acids is 1. The van der Waals surface area contributed by atoms with Crippen LogP contribution in [0.4, 0.5) is 0 Å². The zero-order valence-electron chi connectivity index (χ0n) is 13.0. The van der Waals surface area contributed by atoms with Gasteiger partial charge >= 0.3 is 5.97 Å². The van der Waals surface area contributed by atoms with Crippen molar-refractivity contribution < 1.29 is 9.90 Å². The molecule has 0 radical (unpaired) electrons. The molecule has 1 aromatic heterocycles. The highest BCUT2D eigenvalue weighted by Gasteiger charge is 2.23. The molecule has 0 spiro atoms. The van der Waals surface area contributed by atoms with E-state index in [-0.39, 0.29) is 5.75 Å². The molecule has 0 bridgehead atoms. The number of carbonyl (C=O) groups is 1. The standard InChI is InChI=1S/C17H21N3O2S/c21-16(22)12-23-17-19-18-15(11-13-7-3-1-4-8-13)20(17)14-9-5-2-6-10-14/h1,3-4,7-8,14H,2,5-6,9-12H2,(H,21,22). The zero-order valence-corrected chi connectivity index (χ0v) is 13.8. The summed E-state index contributed by atoms with van der Waals surface area (Å²) in [6.45, 7) is 0. The van der Waals surface area contributed by atoms with Crippen LogP contribution in [0, 0.1) is 0 Å². The number of carboxylic acids is 1. The Hall–Kier alpha value is -1.82. The van der Waals surface area contributed by atoms with Crippen molar-refractivity contribution in [2.75, 3.05) is 5.75 Å². The van der Waals surface area contributed by atoms with E-state index < -0.39 is 5.97 Å². The molecule has 1 aliphatic rings. The summed E-state index contributed by atoms with van der Waals surface area (Å²) in [5, 5.41) is 18.3. The summed E-state index contributed by atoms with van der Waals surface area (Å²) in [6, 6.07) is 10.6. The van der Waals surface area contributed by atoms with Crippen LogP contribution in [0.25, 0.3) is 0 Å². The zero-order chi connectivity index (χ0) is 16.1. The van der Waals surface area contributed by atoms with Crippen LogP contribution in [-0.4, -0.2) is 31.6 Å². The Morgan fingerprint density at radius 2 is 1.91 bits per heavy atom. The molecular weight excluding hydrogens is 310 g/mol. The third kappa shape index (κ3) is 4.13. The second-order valence-corrected chi connectivity index (χ2v) is 6.85. The van der Waals surface area contributed by atoms with E-state index in [0.717, 1.165) is 30.2 Å². The van der Waals surface area contributed by atoms with E-state index in [0.29, 0.717) is 6.04 Å². The number of hydrogen-bond donors (Lipinski definition) is 1. The fraction of sp³-hybridized carbons (Fsp3) is 0.471. The van der Waals surface area contributed by atoms with E-state index in [4.69, 9.17) is 5.11 Å². The lowest BCUT2D eigenvalue weighted by molar-refractivity contribution is -0.133. The molecule has 1 saturated carbocycles. The SMILES string of the molecule is O=C(O)CSc1nnc(Cc2ccccc2)n1C1CCCCC1. The van der Waals surface area contributed by atoms with Gasteiger partial charge in [0.15, 0.2) is 5.16 Å². The lowest BCUT2D eigenvalue weighted by atomic mass is 9.95. The van der Waals surface area contributed by atoms with Gasteiger partial charge in [-0.05, 0) is 18.4 Å². The molecule has 2 aromatic rings. The lowest BCUT2D eigenvalue weighted by Crippen LogP contribution is -2.17. The van der Waals surface area contributed by atoms with Crippen LogP contribution in [0.1, 0.15) is 49.5 Å². The third-order valence-electron chi connectivity index (χ3n) is 4.20. The summed E-state index contributed by atoms with van der Waals surface area (Å²) >= 11 is 1.27. The molecule has 1 fully saturated rings. The Kier molecular flexibility index (Phi) is 5.33. The monoisotopic (exact) mass is 331 g/mol. The smallest absolute Gasteiger partial charge is 0.313 e. The molecule has 0 unspecified atom stereocenters. The van der Waals surface area contributed by atoms with Crippen molar-refractivity contribution in [2.45, 2.75) is 49.7 Å². The second kappa shape index (κ2) is 7.64. The van der Waals surface area contributed by atoms with Gasteiger partial charge in [-0.3, -0.25) is 4.79 Å². The van der Waals surface area contributed by atoms with Crippen molar-refractivity contribution in [2.24, 2.45) is 0 Å². The first-order valence-corrected chi connectivity index (χ1v) is 9.05. The molecule has 0 atom stereocenters. The van der Waals surface area contributed by atoms with Gasteiger partial charge in [0.25, 0.3) is 0 Å². The molecule has 1 N–H and O–H groups in total. The first-order chi connectivity index (χ1) is 11.2. The van der Waals surface area contributed by atoms with Gasteiger partial charge in [-0.25, -0.2) is 0 Å². The van der Waals surface area contributed by atoms with Crippen LogP contribution in [0.3, 0.4) is 0 Å². The Morgan fingerprint density at radius 1 is 1.17 bits per heavy atom. The first-order valence-electron chi connectivity index (χ1n) is 8.06. The Morgan fingerprint density at radius 3 is 2.61 bits per heavy atom. The predicted octanol–water partition coefficient (Wildman–Crippen LogP) is 3.55. The molecule has 3 rings (SSSR count). The molecule has 122 valence electrons. The van der Waals surface area contributed by atoms with E-state index in [1.165, 1.54) is 36.6 Å². The van der Waals surface area contributed by atoms with Gasteiger partial charge in [0.05, 0.1) is 5.75 Å². The summed E-state index contributed by atoms with van der Waals surface area (Å²) in [7, 11) is 0. The number of benzene rings is 1. The largest absolute Gasteiger partial charge is 0.481 e. The van der Waals surface area contributed by atoms with Gasteiger partial charge in [0, 0.05) is 12.5 Å². The summed E-state index contributed by atoms with van der Waals surface area (Å²) in [6.07, 6.45) is 6.70. The molecule has 0 aliphatic heterocycles. The van der Waals surface area contributed by atoms with Crippen molar-refractivity contribution in [1.29, 1.82) is 0 Å². The molecule has 5 nitrogen and oxygen atoms in total. The highest BCUT2D eigenvalue weighted by atomic mass is 32.2. The summed E-state index contributed by atoms with van der Waals surface area (Å²) in [5.74, 6) is 0.143. The van der Waals surface area contributed by atoms with Crippen LogP contribution >= 0.6 is 11.8 Å². The van der Waals surface area contributed by atoms with Gasteiger partial charge < -0.3 is 9.67 Å². The van der Waals surface area contributed by atoms with Gasteiger partial charge in [0.1, 0.15) is 5.82 Å². The van der Waals surface area contributed by atoms with Crippen molar-refractivity contribution in [3.63, 3.8) is 0 Å². The first kappa shape index (κ1) is 16.1. The number of thioether (sulfide) groups is 1. The number of carboxylic acid groups (broad SMARTS) is 1. The average Bonchev–Trinajstić information content (AvgIpc) is 2.97. The highest BCUT2D eigenvalue weighted by molar-refractivity contribution is 7.99. The summed E-state index contributed by atoms with van der Waals surface area (Å²) < 4.78 is 2.19. The van der Waals surface area contributed by atoms with E-state index in [2.05, 4.69) is 26.9 Å². The van der Waals surface area contributed by atoms with Gasteiger partial charge in [0.2, 0.25) is 0 Å². The normalized spacial score (nSPS) is 15.7. The topological polar surface area (TPSA) is 68.0 Å². The highest BCUT2D eigenvalue weighted by Crippen LogP contribution is 2.33. The van der Waals surface area contributed by atoms with Crippen molar-refractivity contribution in [1.82, 2.24) is 14.8 Å². The van der Waals surface area contributed by atoms with E-state index in [1.54, 1.807) is 0 Å². The summed E-state index contributed by atoms with van der Waals surface area (Å²) in [5.41, 5.74) is 1.20. The lowest BCUT2D eigenvalue weighted by Gasteiger charge is -2.25. The second-order valence-electron chi connectivity index (χ2n) is 5.91. The maximum absolute atomic E-state index is 10.9. The van der Waals surface area contributed by atoms with Crippen LogP contribution in [-0.2, 0) is 11.2 Å². The number of hydrogen-bond acceptors (Lipinski definition) is 4. The molecule has 0 amide bonds. The molecular formula is C17H21N3O2S. The van der Waals surface area contributed by atoms with Crippen LogP contribution < -0.4 is 0 Å². The van der Waals surface area contributed by atoms with Crippen LogP contribution in [0.15, 0.2) is 35.5 Å². The Balaban J connectivity index is 1.86. The number of rotatable bonds is 6. The molecule has 0 saturated heterocycles. The minimum Gasteiger partial charge on any atom is -0.481 e. The fourth-order valence-corrected chi connectivity index (χ4v) is 3.88. The number of aromatic nitrogens is 3. The van der Waals surface area contributed by atoms with E-state index in [1.807, 2.05) is 18.2 Å². The van der Waals surface area contributed by atoms with E-state index in [9.17, 15) is 4.79 Å². The van der Waals surface area contributed by atoms with Crippen LogP contribution in [0.2, 0.25) is 0 Å². The third-order valence-corrected chi connectivity index (χ3v) is 5.13. The Labute approximate surface area is 140 Å². The number of nitrogens with zero attached hydrogens (tertiary/aromatic N) is 3. The maximum atomic E-state index is 10.9. The average molecular weight is 331 g/mol. The predicted molar refractivity (Wildman–Crippen MR) is 89.8 cm³/mol. The molecule has 1 aromatic carbocycles. The molecule has 6 heteroatoms. The molecule has 1 heterocycles. The van der Waals surface area contributed by atoms with Crippen molar-refractivity contribution in [3.05, 3.63) is 41.7 Å². The van der Waals surface area contributed by atoms with Crippen molar-refractivity contribution >= 4 is 17.7 Å². The minimum atomic E-state index is -0.821. The van der Waals surface area contributed by atoms with Gasteiger partial charge in [-0.2, -0.15) is 0 Å². The molecule has 23 heavy (non-hydrogen) atoms. The van der Waals surface area contributed by atoms with E-state index >= 15 is 0 Å². The minimum absolute atomic E-state index is 0.0240. The maximum Gasteiger partial charge on any atom is 0.313 e.